The number of hydrogen-bond acceptors (Lipinski definition) is 2. The first kappa shape index (κ1) is 18.2. The lowest BCUT2D eigenvalue weighted by Crippen LogP contribution is -2.36. The third-order valence-corrected chi connectivity index (χ3v) is 5.67. The number of carbonyl (C=O) groups is 2. The second-order valence-corrected chi connectivity index (χ2v) is 7.41. The van der Waals surface area contributed by atoms with Gasteiger partial charge in [0.15, 0.2) is 0 Å². The quantitative estimate of drug-likeness (QED) is 0.569. The molecule has 0 unspecified atom stereocenters. The van der Waals surface area contributed by atoms with Crippen molar-refractivity contribution in [2.24, 2.45) is 0 Å². The van der Waals surface area contributed by atoms with E-state index >= 15 is 0 Å². The first-order valence-electron chi connectivity index (χ1n) is 9.64. The van der Waals surface area contributed by atoms with Gasteiger partial charge in [0.25, 0.3) is 5.91 Å². The summed E-state index contributed by atoms with van der Waals surface area (Å²) in [6.07, 6.45) is 0.509. The molecule has 30 heavy (non-hydrogen) atoms. The van der Waals surface area contributed by atoms with Crippen LogP contribution in [0.1, 0.15) is 21.6 Å². The zero-order chi connectivity index (χ0) is 20.8. The van der Waals surface area contributed by atoms with E-state index < -0.39 is 5.97 Å². The highest BCUT2D eigenvalue weighted by Gasteiger charge is 2.28. The number of fused-ring (bicyclic) bond motifs is 4. The summed E-state index contributed by atoms with van der Waals surface area (Å²) in [4.78, 5) is 26.5. The zero-order valence-corrected chi connectivity index (χ0v) is 16.0. The molecule has 1 aliphatic rings. The van der Waals surface area contributed by atoms with Crippen LogP contribution in [0.15, 0.2) is 48.5 Å². The number of carboxylic acids is 1. The molecule has 0 atom stereocenters. The summed E-state index contributed by atoms with van der Waals surface area (Å²) in [7, 11) is 0. The summed E-state index contributed by atoms with van der Waals surface area (Å²) in [5.74, 6) is -1.45. The molecule has 2 heterocycles. The lowest BCUT2D eigenvalue weighted by atomic mass is 10.0. The molecule has 3 aromatic carbocycles. The van der Waals surface area contributed by atoms with Crippen LogP contribution < -0.4 is 0 Å². The Hall–Kier alpha value is -3.85. The lowest BCUT2D eigenvalue weighted by molar-refractivity contribution is -0.137. The molecule has 1 aromatic heterocycles. The van der Waals surface area contributed by atoms with Crippen molar-refractivity contribution in [1.82, 2.24) is 9.47 Å². The van der Waals surface area contributed by atoms with Crippen LogP contribution in [0.25, 0.3) is 21.7 Å². The monoisotopic (exact) mass is 400 g/mol. The topological polar surface area (TPSA) is 62.5 Å². The number of halogens is 1. The van der Waals surface area contributed by atoms with Crippen LogP contribution in [0, 0.1) is 17.9 Å². The van der Waals surface area contributed by atoms with Crippen LogP contribution in [0.4, 0.5) is 4.39 Å². The van der Waals surface area contributed by atoms with Gasteiger partial charge < -0.3 is 14.6 Å². The van der Waals surface area contributed by atoms with Gasteiger partial charge in [-0.05, 0) is 42.5 Å². The molecular weight excluding hydrogens is 383 g/mol. The van der Waals surface area contributed by atoms with E-state index in [0.717, 1.165) is 22.0 Å². The molecule has 0 aliphatic carbocycles. The van der Waals surface area contributed by atoms with Crippen molar-refractivity contribution in [2.45, 2.75) is 19.5 Å². The number of nitrogens with zero attached hydrogens (tertiary/aromatic N) is 2. The summed E-state index contributed by atoms with van der Waals surface area (Å²) in [6, 6.07) is 19.4. The van der Waals surface area contributed by atoms with Gasteiger partial charge in [0.05, 0.1) is 0 Å². The minimum Gasteiger partial charge on any atom is -0.480 e. The smallest absolute Gasteiger partial charge is 0.323 e. The normalized spacial score (nSPS) is 13.3. The van der Waals surface area contributed by atoms with Crippen molar-refractivity contribution in [1.29, 1.82) is 0 Å². The Labute approximate surface area is 171 Å². The highest BCUT2D eigenvalue weighted by atomic mass is 19.1. The van der Waals surface area contributed by atoms with Crippen molar-refractivity contribution in [3.05, 3.63) is 83.3 Å². The standard InChI is InChI=1S/C24H17FN2O3/c25-16-8-9-21-19(12-16)20-13-26(11-10-22(20)27(21)14-23(28)29)24(30)18-7-3-5-15-4-1-2-6-17(15)18/h2-3,5-9,12H,10-11,13-14H2,(H,28,29). The van der Waals surface area contributed by atoms with E-state index in [9.17, 15) is 19.1 Å². The van der Waals surface area contributed by atoms with E-state index in [-0.39, 0.29) is 18.3 Å². The van der Waals surface area contributed by atoms with Crippen LogP contribution in [0.2, 0.25) is 0 Å². The molecule has 1 aliphatic heterocycles. The van der Waals surface area contributed by atoms with E-state index in [1.54, 1.807) is 27.7 Å². The fourth-order valence-corrected chi connectivity index (χ4v) is 4.37. The average Bonchev–Trinajstić information content (AvgIpc) is 3.04. The molecular formula is C24H17FN2O3. The van der Waals surface area contributed by atoms with Crippen molar-refractivity contribution >= 4 is 33.6 Å². The largest absolute Gasteiger partial charge is 0.480 e. The number of carbonyl (C=O) groups excluding carboxylic acids is 1. The van der Waals surface area contributed by atoms with Crippen LogP contribution in [-0.4, -0.2) is 33.0 Å². The maximum atomic E-state index is 14.0. The highest BCUT2D eigenvalue weighted by molar-refractivity contribution is 6.06. The number of rotatable bonds is 3. The molecule has 0 saturated heterocycles. The van der Waals surface area contributed by atoms with Gasteiger partial charge in [0.1, 0.15) is 12.4 Å². The summed E-state index contributed by atoms with van der Waals surface area (Å²) >= 11 is 0. The summed E-state index contributed by atoms with van der Waals surface area (Å²) in [5, 5.41) is 11.6. The summed E-state index contributed by atoms with van der Waals surface area (Å²) in [5.41, 5.74) is 2.92. The molecule has 6 heteroatoms. The third kappa shape index (κ3) is 2.87. The highest BCUT2D eigenvalue weighted by Crippen LogP contribution is 2.32. The first-order chi connectivity index (χ1) is 14.5. The second-order valence-electron chi connectivity index (χ2n) is 7.41. The summed E-state index contributed by atoms with van der Waals surface area (Å²) in [6.45, 7) is 0.574. The average molecular weight is 400 g/mol. The zero-order valence-electron chi connectivity index (χ0n) is 16.0. The van der Waals surface area contributed by atoms with Crippen LogP contribution in [0.5, 0.6) is 0 Å². The van der Waals surface area contributed by atoms with Crippen LogP contribution >= 0.6 is 0 Å². The van der Waals surface area contributed by atoms with Gasteiger partial charge in [-0.15, -0.1) is 0 Å². The Kier molecular flexibility index (Phi) is 4.18. The van der Waals surface area contributed by atoms with E-state index in [1.807, 2.05) is 18.2 Å². The SMILES string of the molecule is O=C(O)Cn1c2c(c3cc(F)ccc31)CN(C(=O)c1cccc3c#cccc13)CC2. The molecule has 0 fully saturated rings. The molecule has 0 spiro atoms. The predicted octanol–water partition coefficient (Wildman–Crippen LogP) is 3.82. The van der Waals surface area contributed by atoms with E-state index in [2.05, 4.69) is 12.1 Å². The number of aromatic nitrogens is 1. The number of aliphatic carboxylic acids is 1. The van der Waals surface area contributed by atoms with E-state index in [1.165, 1.54) is 12.1 Å². The Morgan fingerprint density at radius 3 is 2.83 bits per heavy atom. The van der Waals surface area contributed by atoms with Gasteiger partial charge in [-0.2, -0.15) is 0 Å². The third-order valence-electron chi connectivity index (χ3n) is 5.67. The maximum Gasteiger partial charge on any atom is 0.323 e. The molecule has 0 saturated carbocycles. The fraction of sp³-hybridized carbons (Fsp3) is 0.167. The molecule has 0 bridgehead atoms. The number of hydrogen-bond donors (Lipinski definition) is 1. The van der Waals surface area contributed by atoms with Crippen LogP contribution in [0.3, 0.4) is 0 Å². The van der Waals surface area contributed by atoms with E-state index in [0.29, 0.717) is 36.0 Å². The Bertz CT molecular complexity index is 1320. The van der Waals surface area contributed by atoms with Crippen molar-refractivity contribution in [3.63, 3.8) is 0 Å². The minimum atomic E-state index is -0.957. The van der Waals surface area contributed by atoms with Crippen LogP contribution in [-0.2, 0) is 24.3 Å². The minimum absolute atomic E-state index is 0.110. The number of amides is 1. The number of carboxylic acid groups (broad SMARTS) is 1. The summed E-state index contributed by atoms with van der Waals surface area (Å²) < 4.78 is 15.7. The predicted molar refractivity (Wildman–Crippen MR) is 110 cm³/mol. The molecule has 4 aromatic rings. The second kappa shape index (κ2) is 6.89. The van der Waals surface area contributed by atoms with Crippen molar-refractivity contribution in [3.8, 4) is 0 Å². The number of benzene rings is 2. The van der Waals surface area contributed by atoms with Gasteiger partial charge >= 0.3 is 5.97 Å². The van der Waals surface area contributed by atoms with Crippen molar-refractivity contribution in [2.75, 3.05) is 6.54 Å². The first-order valence-corrected chi connectivity index (χ1v) is 9.64. The van der Waals surface area contributed by atoms with Gasteiger partial charge in [-0.3, -0.25) is 9.59 Å². The van der Waals surface area contributed by atoms with Gasteiger partial charge in [-0.25, -0.2) is 4.39 Å². The lowest BCUT2D eigenvalue weighted by Gasteiger charge is -2.28. The maximum absolute atomic E-state index is 14.0. The molecule has 1 N–H and O–H groups in total. The van der Waals surface area contributed by atoms with Gasteiger partial charge in [-0.1, -0.05) is 18.2 Å². The Morgan fingerprint density at radius 1 is 1.13 bits per heavy atom. The van der Waals surface area contributed by atoms with Crippen molar-refractivity contribution < 1.29 is 19.1 Å². The molecule has 148 valence electrons. The fourth-order valence-electron chi connectivity index (χ4n) is 4.37. The van der Waals surface area contributed by atoms with Gasteiger partial charge in [0, 0.05) is 58.0 Å². The Morgan fingerprint density at radius 2 is 2.00 bits per heavy atom. The molecule has 5 rings (SSSR count). The van der Waals surface area contributed by atoms with E-state index in [4.69, 9.17) is 0 Å². The Balaban J connectivity index is 1.58. The molecule has 0 radical (unpaired) electrons. The van der Waals surface area contributed by atoms with Gasteiger partial charge in [0.2, 0.25) is 0 Å². The molecule has 1 amide bonds. The molecule has 5 nitrogen and oxygen atoms in total.